The molecule has 6 nitrogen and oxygen atoms in total. The molecule has 0 unspecified atom stereocenters. The number of rotatable bonds is 7. The van der Waals surface area contributed by atoms with E-state index >= 15 is 0 Å². The summed E-state index contributed by atoms with van der Waals surface area (Å²) in [5.74, 6) is 2.95. The van der Waals surface area contributed by atoms with Gasteiger partial charge in [-0.15, -0.1) is 0 Å². The molecule has 0 saturated heterocycles. The third kappa shape index (κ3) is 3.22. The van der Waals surface area contributed by atoms with Gasteiger partial charge >= 0.3 is 0 Å². The molecule has 0 fully saturated rings. The monoisotopic (exact) mass is 327 g/mol. The van der Waals surface area contributed by atoms with E-state index in [1.807, 2.05) is 36.4 Å². The maximum absolute atomic E-state index is 5.47. The molecule has 1 aromatic heterocycles. The second-order valence-electron chi connectivity index (χ2n) is 5.29. The molecule has 0 amide bonds. The van der Waals surface area contributed by atoms with Crippen LogP contribution in [-0.4, -0.2) is 37.8 Å². The highest BCUT2D eigenvalue weighted by Crippen LogP contribution is 2.34. The normalized spacial score (nSPS) is 10.6. The molecule has 0 aliphatic heterocycles. The van der Waals surface area contributed by atoms with Gasteiger partial charge in [0.15, 0.2) is 0 Å². The topological polar surface area (TPSA) is 68.4 Å². The van der Waals surface area contributed by atoms with Crippen LogP contribution in [0.2, 0.25) is 0 Å². The summed E-state index contributed by atoms with van der Waals surface area (Å²) < 4.78 is 16.2. The van der Waals surface area contributed by atoms with Gasteiger partial charge in [0.1, 0.15) is 17.2 Å². The smallest absolute Gasteiger partial charge is 0.201 e. The lowest BCUT2D eigenvalue weighted by Crippen LogP contribution is -2.08. The molecular weight excluding hydrogens is 306 g/mol. The van der Waals surface area contributed by atoms with Gasteiger partial charge in [0.25, 0.3) is 0 Å². The number of hydrogen-bond donors (Lipinski definition) is 2. The standard InChI is InChI=1S/C18H21N3O3/c1-22-12-10-16(23-2)13(17(11-12)24-3)8-9-19-18-20-14-6-4-5-7-15(14)21-18/h4-7,10-11H,8-9H2,1-3H3,(H2,19,20,21). The van der Waals surface area contributed by atoms with Crippen molar-refractivity contribution in [2.45, 2.75) is 6.42 Å². The van der Waals surface area contributed by atoms with Crippen LogP contribution in [-0.2, 0) is 6.42 Å². The fraction of sp³-hybridized carbons (Fsp3) is 0.278. The number of benzene rings is 2. The largest absolute Gasteiger partial charge is 0.496 e. The van der Waals surface area contributed by atoms with Gasteiger partial charge in [-0.1, -0.05) is 12.1 Å². The van der Waals surface area contributed by atoms with E-state index in [-0.39, 0.29) is 0 Å². The lowest BCUT2D eigenvalue weighted by molar-refractivity contribution is 0.369. The first kappa shape index (κ1) is 16.0. The quantitative estimate of drug-likeness (QED) is 0.697. The minimum atomic E-state index is 0.693. The summed E-state index contributed by atoms with van der Waals surface area (Å²) in [7, 11) is 4.91. The number of anilines is 1. The zero-order valence-electron chi connectivity index (χ0n) is 14.1. The van der Waals surface area contributed by atoms with E-state index in [0.717, 1.165) is 40.5 Å². The van der Waals surface area contributed by atoms with E-state index in [1.54, 1.807) is 21.3 Å². The Morgan fingerprint density at radius 2 is 1.71 bits per heavy atom. The molecule has 2 N–H and O–H groups in total. The molecule has 0 saturated carbocycles. The molecule has 0 aliphatic rings. The molecule has 1 heterocycles. The van der Waals surface area contributed by atoms with E-state index in [4.69, 9.17) is 14.2 Å². The van der Waals surface area contributed by atoms with E-state index in [9.17, 15) is 0 Å². The molecule has 0 atom stereocenters. The third-order valence-corrected chi connectivity index (χ3v) is 3.87. The zero-order chi connectivity index (χ0) is 16.9. The van der Waals surface area contributed by atoms with Crippen LogP contribution in [0.5, 0.6) is 17.2 Å². The zero-order valence-corrected chi connectivity index (χ0v) is 14.1. The minimum Gasteiger partial charge on any atom is -0.496 e. The van der Waals surface area contributed by atoms with Crippen LogP contribution >= 0.6 is 0 Å². The van der Waals surface area contributed by atoms with Crippen LogP contribution in [0.15, 0.2) is 36.4 Å². The SMILES string of the molecule is COc1cc(OC)c(CCNc2nc3ccccc3[nH]2)c(OC)c1. The minimum absolute atomic E-state index is 0.693. The number of methoxy groups -OCH3 is 3. The van der Waals surface area contributed by atoms with Crippen molar-refractivity contribution in [2.75, 3.05) is 33.2 Å². The molecule has 0 bridgehead atoms. The number of fused-ring (bicyclic) bond motifs is 1. The first-order chi connectivity index (χ1) is 11.7. The number of aromatic amines is 1. The summed E-state index contributed by atoms with van der Waals surface area (Å²) in [5.41, 5.74) is 2.95. The Morgan fingerprint density at radius 3 is 2.33 bits per heavy atom. The Kier molecular flexibility index (Phi) is 4.74. The van der Waals surface area contributed by atoms with Crippen LogP contribution < -0.4 is 19.5 Å². The molecular formula is C18H21N3O3. The number of aromatic nitrogens is 2. The van der Waals surface area contributed by atoms with Crippen LogP contribution in [0.3, 0.4) is 0 Å². The van der Waals surface area contributed by atoms with Crippen LogP contribution in [0.25, 0.3) is 11.0 Å². The second kappa shape index (κ2) is 7.12. The second-order valence-corrected chi connectivity index (χ2v) is 5.29. The average Bonchev–Trinajstić information content (AvgIpc) is 3.04. The van der Waals surface area contributed by atoms with Crippen molar-refractivity contribution >= 4 is 17.0 Å². The highest BCUT2D eigenvalue weighted by atomic mass is 16.5. The molecule has 0 aliphatic carbocycles. The Morgan fingerprint density at radius 1 is 1.00 bits per heavy atom. The van der Waals surface area contributed by atoms with Crippen molar-refractivity contribution in [3.8, 4) is 17.2 Å². The highest BCUT2D eigenvalue weighted by molar-refractivity contribution is 5.77. The summed E-state index contributed by atoms with van der Waals surface area (Å²) in [6, 6.07) is 11.7. The first-order valence-electron chi connectivity index (χ1n) is 7.72. The van der Waals surface area contributed by atoms with Gasteiger partial charge in [0, 0.05) is 24.2 Å². The maximum atomic E-state index is 5.47. The number of H-pyrrole nitrogens is 1. The summed E-state index contributed by atoms with van der Waals surface area (Å²) >= 11 is 0. The molecule has 6 heteroatoms. The lowest BCUT2D eigenvalue weighted by atomic mass is 10.1. The van der Waals surface area contributed by atoms with Gasteiger partial charge in [0.05, 0.1) is 32.4 Å². The predicted molar refractivity (Wildman–Crippen MR) is 94.4 cm³/mol. The Balaban J connectivity index is 1.73. The Bertz CT molecular complexity index is 771. The van der Waals surface area contributed by atoms with Crippen LogP contribution in [0.1, 0.15) is 5.56 Å². The van der Waals surface area contributed by atoms with Crippen LogP contribution in [0, 0.1) is 0 Å². The summed E-state index contributed by atoms with van der Waals surface area (Å²) in [5, 5.41) is 3.30. The van der Waals surface area contributed by atoms with Gasteiger partial charge in [-0.3, -0.25) is 0 Å². The average molecular weight is 327 g/mol. The van der Waals surface area contributed by atoms with Gasteiger partial charge < -0.3 is 24.5 Å². The highest BCUT2D eigenvalue weighted by Gasteiger charge is 2.13. The van der Waals surface area contributed by atoms with E-state index in [0.29, 0.717) is 12.3 Å². The predicted octanol–water partition coefficient (Wildman–Crippen LogP) is 3.24. The fourth-order valence-electron chi connectivity index (χ4n) is 2.67. The molecule has 0 radical (unpaired) electrons. The first-order valence-corrected chi connectivity index (χ1v) is 7.72. The van der Waals surface area contributed by atoms with E-state index in [2.05, 4.69) is 15.3 Å². The van der Waals surface area contributed by atoms with Crippen molar-refractivity contribution in [2.24, 2.45) is 0 Å². The number of para-hydroxylation sites is 2. The Hall–Kier alpha value is -2.89. The van der Waals surface area contributed by atoms with Crippen molar-refractivity contribution in [3.63, 3.8) is 0 Å². The van der Waals surface area contributed by atoms with Crippen molar-refractivity contribution in [1.82, 2.24) is 9.97 Å². The fourth-order valence-corrected chi connectivity index (χ4v) is 2.67. The molecule has 126 valence electrons. The number of hydrogen-bond acceptors (Lipinski definition) is 5. The number of nitrogens with one attached hydrogen (secondary N) is 2. The lowest BCUT2D eigenvalue weighted by Gasteiger charge is -2.15. The number of imidazole rings is 1. The van der Waals surface area contributed by atoms with E-state index < -0.39 is 0 Å². The van der Waals surface area contributed by atoms with E-state index in [1.165, 1.54) is 0 Å². The summed E-state index contributed by atoms with van der Waals surface area (Å²) in [4.78, 5) is 7.76. The molecule has 0 spiro atoms. The summed E-state index contributed by atoms with van der Waals surface area (Å²) in [6.07, 6.45) is 0.730. The van der Waals surface area contributed by atoms with Crippen molar-refractivity contribution in [3.05, 3.63) is 42.0 Å². The van der Waals surface area contributed by atoms with Crippen molar-refractivity contribution in [1.29, 1.82) is 0 Å². The maximum Gasteiger partial charge on any atom is 0.201 e. The summed E-state index contributed by atoms with van der Waals surface area (Å²) in [6.45, 7) is 0.693. The van der Waals surface area contributed by atoms with Crippen LogP contribution in [0.4, 0.5) is 5.95 Å². The molecule has 24 heavy (non-hydrogen) atoms. The van der Waals surface area contributed by atoms with Gasteiger partial charge in [-0.2, -0.15) is 0 Å². The molecule has 3 rings (SSSR count). The van der Waals surface area contributed by atoms with Gasteiger partial charge in [0.2, 0.25) is 5.95 Å². The third-order valence-electron chi connectivity index (χ3n) is 3.87. The number of nitrogens with zero attached hydrogens (tertiary/aromatic N) is 1. The molecule has 2 aromatic carbocycles. The van der Waals surface area contributed by atoms with Gasteiger partial charge in [-0.25, -0.2) is 4.98 Å². The molecule has 3 aromatic rings. The van der Waals surface area contributed by atoms with Gasteiger partial charge in [-0.05, 0) is 18.6 Å². The Labute approximate surface area is 140 Å². The van der Waals surface area contributed by atoms with Crippen molar-refractivity contribution < 1.29 is 14.2 Å². The number of ether oxygens (including phenoxy) is 3.